The van der Waals surface area contributed by atoms with E-state index < -0.39 is 0 Å². The molecule has 2 heterocycles. The van der Waals surface area contributed by atoms with Gasteiger partial charge in [0, 0.05) is 16.6 Å². The van der Waals surface area contributed by atoms with Gasteiger partial charge in [0.25, 0.3) is 0 Å². The van der Waals surface area contributed by atoms with Crippen molar-refractivity contribution in [2.24, 2.45) is 5.10 Å². The molecule has 0 fully saturated rings. The number of aromatic hydroxyl groups is 1. The van der Waals surface area contributed by atoms with Crippen LogP contribution in [0.3, 0.4) is 0 Å². The lowest BCUT2D eigenvalue weighted by molar-refractivity contribution is 0.467. The maximum Gasteiger partial charge on any atom is 0.201 e. The molecule has 0 unspecified atom stereocenters. The third-order valence-corrected chi connectivity index (χ3v) is 5.63. The molecule has 4 rings (SSSR count). The van der Waals surface area contributed by atoms with Crippen LogP contribution in [0.25, 0.3) is 21.9 Å². The van der Waals surface area contributed by atoms with Gasteiger partial charge in [0.1, 0.15) is 16.5 Å². The number of anilines is 1. The number of hydrogen-bond donors (Lipinski definition) is 2. The third kappa shape index (κ3) is 3.39. The molecule has 2 N–H and O–H groups in total. The van der Waals surface area contributed by atoms with Crippen LogP contribution in [0.2, 0.25) is 5.02 Å². The highest BCUT2D eigenvalue weighted by Crippen LogP contribution is 2.37. The number of fused-ring (bicyclic) bond motifs is 2. The van der Waals surface area contributed by atoms with Gasteiger partial charge in [0.2, 0.25) is 5.43 Å². The highest BCUT2D eigenvalue weighted by Gasteiger charge is 2.15. The summed E-state index contributed by atoms with van der Waals surface area (Å²) in [6.07, 6.45) is 4.31. The molecule has 0 spiro atoms. The largest absolute Gasteiger partial charge is 0.505 e. The number of pyridine rings is 1. The molecular formula is C19H10Br2ClN3O3. The van der Waals surface area contributed by atoms with Crippen LogP contribution in [-0.2, 0) is 0 Å². The zero-order valence-corrected chi connectivity index (χ0v) is 17.8. The summed E-state index contributed by atoms with van der Waals surface area (Å²) in [5.41, 5.74) is 4.59. The molecule has 9 heteroatoms. The van der Waals surface area contributed by atoms with E-state index in [0.29, 0.717) is 19.4 Å². The molecule has 0 aliphatic heterocycles. The van der Waals surface area contributed by atoms with Gasteiger partial charge in [0.05, 0.1) is 32.8 Å². The third-order valence-electron chi connectivity index (χ3n) is 4.05. The maximum absolute atomic E-state index is 12.7. The first-order valence-electron chi connectivity index (χ1n) is 7.91. The van der Waals surface area contributed by atoms with E-state index in [1.165, 1.54) is 18.5 Å². The molecular weight excluding hydrogens is 513 g/mol. The lowest BCUT2D eigenvalue weighted by Gasteiger charge is -2.06. The second-order valence-corrected chi connectivity index (χ2v) is 7.89. The van der Waals surface area contributed by atoms with Crippen LogP contribution in [0, 0.1) is 0 Å². The van der Waals surface area contributed by atoms with Crippen molar-refractivity contribution < 1.29 is 9.52 Å². The molecule has 0 saturated heterocycles. The number of phenols is 1. The minimum absolute atomic E-state index is 0.0385. The van der Waals surface area contributed by atoms with Gasteiger partial charge in [-0.2, -0.15) is 5.10 Å². The molecule has 0 aliphatic carbocycles. The number of phenolic OH excluding ortho intramolecular Hbond substituents is 1. The topological polar surface area (TPSA) is 87.7 Å². The Bertz CT molecular complexity index is 1320. The van der Waals surface area contributed by atoms with Crippen LogP contribution >= 0.6 is 43.5 Å². The van der Waals surface area contributed by atoms with Gasteiger partial charge in [-0.05, 0) is 62.2 Å². The number of nitrogens with zero attached hydrogens (tertiary/aromatic N) is 2. The van der Waals surface area contributed by atoms with Crippen molar-refractivity contribution >= 4 is 77.2 Å². The predicted octanol–water partition coefficient (Wildman–Crippen LogP) is 5.67. The summed E-state index contributed by atoms with van der Waals surface area (Å²) in [6.45, 7) is 0. The van der Waals surface area contributed by atoms with E-state index in [1.54, 1.807) is 24.4 Å². The Hall–Kier alpha value is -2.42. The molecule has 0 bridgehead atoms. The summed E-state index contributed by atoms with van der Waals surface area (Å²) < 4.78 is 6.19. The van der Waals surface area contributed by atoms with Gasteiger partial charge in [-0.1, -0.05) is 11.6 Å². The first kappa shape index (κ1) is 18.9. The Morgan fingerprint density at radius 2 is 2.04 bits per heavy atom. The Labute approximate surface area is 180 Å². The zero-order valence-electron chi connectivity index (χ0n) is 13.9. The quantitative estimate of drug-likeness (QED) is 0.267. The van der Waals surface area contributed by atoms with Crippen molar-refractivity contribution in [1.82, 2.24) is 4.98 Å². The molecule has 0 atom stereocenters. The fourth-order valence-electron chi connectivity index (χ4n) is 2.69. The molecule has 0 amide bonds. The van der Waals surface area contributed by atoms with E-state index in [9.17, 15) is 9.90 Å². The van der Waals surface area contributed by atoms with Crippen LogP contribution in [0.5, 0.6) is 5.75 Å². The lowest BCUT2D eigenvalue weighted by Crippen LogP contribution is -2.09. The Morgan fingerprint density at radius 1 is 1.21 bits per heavy atom. The highest BCUT2D eigenvalue weighted by atomic mass is 79.9. The zero-order chi connectivity index (χ0) is 19.8. The Morgan fingerprint density at radius 3 is 2.86 bits per heavy atom. The molecule has 4 aromatic rings. The number of hydrogen-bond acceptors (Lipinski definition) is 6. The van der Waals surface area contributed by atoms with Crippen LogP contribution in [0.15, 0.2) is 66.1 Å². The van der Waals surface area contributed by atoms with Crippen molar-refractivity contribution in [3.8, 4) is 5.75 Å². The second kappa shape index (κ2) is 7.54. The Balaban J connectivity index is 1.69. The van der Waals surface area contributed by atoms with Crippen LogP contribution in [0.4, 0.5) is 5.69 Å². The van der Waals surface area contributed by atoms with E-state index in [1.807, 2.05) is 6.07 Å². The summed E-state index contributed by atoms with van der Waals surface area (Å²) in [6, 6.07) is 8.65. The van der Waals surface area contributed by atoms with E-state index in [4.69, 9.17) is 16.0 Å². The van der Waals surface area contributed by atoms with Gasteiger partial charge in [-0.25, -0.2) is 0 Å². The highest BCUT2D eigenvalue weighted by molar-refractivity contribution is 9.11. The van der Waals surface area contributed by atoms with Crippen molar-refractivity contribution in [1.29, 1.82) is 0 Å². The van der Waals surface area contributed by atoms with Crippen molar-refractivity contribution in [3.63, 3.8) is 0 Å². The first-order valence-corrected chi connectivity index (χ1v) is 9.88. The molecule has 140 valence electrons. The minimum atomic E-state index is -0.278. The van der Waals surface area contributed by atoms with E-state index in [2.05, 4.69) is 47.4 Å². The number of aromatic nitrogens is 1. The number of nitrogens with one attached hydrogen (secondary N) is 1. The lowest BCUT2D eigenvalue weighted by atomic mass is 10.2. The molecule has 0 aliphatic rings. The fourth-order valence-corrected chi connectivity index (χ4v) is 4.07. The molecule has 2 aromatic heterocycles. The summed E-state index contributed by atoms with van der Waals surface area (Å²) in [7, 11) is 0. The van der Waals surface area contributed by atoms with Crippen LogP contribution in [0.1, 0.15) is 5.56 Å². The first-order chi connectivity index (χ1) is 13.5. The van der Waals surface area contributed by atoms with Gasteiger partial charge < -0.3 is 9.52 Å². The molecule has 6 nitrogen and oxygen atoms in total. The maximum atomic E-state index is 12.7. The van der Waals surface area contributed by atoms with Crippen molar-refractivity contribution in [3.05, 3.63) is 72.5 Å². The molecule has 0 radical (unpaired) electrons. The molecule has 0 saturated carbocycles. The van der Waals surface area contributed by atoms with E-state index in [-0.39, 0.29) is 22.3 Å². The van der Waals surface area contributed by atoms with Crippen molar-refractivity contribution in [2.45, 2.75) is 0 Å². The summed E-state index contributed by atoms with van der Waals surface area (Å²) in [4.78, 5) is 17.0. The van der Waals surface area contributed by atoms with Crippen LogP contribution in [-0.4, -0.2) is 16.3 Å². The number of halogens is 3. The molecule has 28 heavy (non-hydrogen) atoms. The van der Waals surface area contributed by atoms with E-state index in [0.717, 1.165) is 16.6 Å². The second-order valence-electron chi connectivity index (χ2n) is 5.81. The fraction of sp³-hybridized carbons (Fsp3) is 0. The summed E-state index contributed by atoms with van der Waals surface area (Å²) in [5, 5.41) is 15.8. The number of hydrazone groups is 1. The molecule has 2 aromatic carbocycles. The van der Waals surface area contributed by atoms with Gasteiger partial charge in [-0.15, -0.1) is 0 Å². The minimum Gasteiger partial charge on any atom is -0.505 e. The van der Waals surface area contributed by atoms with Gasteiger partial charge in [-0.3, -0.25) is 15.2 Å². The standard InChI is InChI=1S/C19H10Br2ClN3O3/c20-13-6-12-17(26)9(8-28-19(12)16(21)18(13)27)7-24-25-14-3-4-23-15-5-10(22)1-2-11(14)15/h1-8,27H,(H,23,25)/b24-7+. The smallest absolute Gasteiger partial charge is 0.201 e. The number of rotatable bonds is 3. The van der Waals surface area contributed by atoms with Crippen LogP contribution < -0.4 is 10.9 Å². The monoisotopic (exact) mass is 521 g/mol. The average Bonchev–Trinajstić information content (AvgIpc) is 2.68. The van der Waals surface area contributed by atoms with Gasteiger partial charge in [0.15, 0.2) is 5.58 Å². The van der Waals surface area contributed by atoms with E-state index >= 15 is 0 Å². The SMILES string of the molecule is O=c1c(/C=N/Nc2ccnc3cc(Cl)ccc23)coc2c(Br)c(O)c(Br)cc12. The number of benzene rings is 2. The predicted molar refractivity (Wildman–Crippen MR) is 118 cm³/mol. The average molecular weight is 524 g/mol. The normalized spacial score (nSPS) is 11.5. The van der Waals surface area contributed by atoms with Gasteiger partial charge >= 0.3 is 0 Å². The summed E-state index contributed by atoms with van der Waals surface area (Å²) >= 11 is 12.4. The van der Waals surface area contributed by atoms with Crippen molar-refractivity contribution in [2.75, 3.05) is 5.43 Å². The Kier molecular flexibility index (Phi) is 5.09. The summed E-state index contributed by atoms with van der Waals surface area (Å²) in [5.74, 6) is -0.0385.